The number of rotatable bonds is 4. The zero-order chi connectivity index (χ0) is 18.0. The lowest BCUT2D eigenvalue weighted by atomic mass is 9.86. The van der Waals surface area contributed by atoms with E-state index in [4.69, 9.17) is 0 Å². The van der Waals surface area contributed by atoms with Crippen molar-refractivity contribution in [2.45, 2.75) is 38.5 Å². The molecule has 2 aromatic carbocycles. The van der Waals surface area contributed by atoms with Crippen molar-refractivity contribution in [1.29, 1.82) is 0 Å². The van der Waals surface area contributed by atoms with E-state index in [1.54, 1.807) is 30.5 Å². The lowest BCUT2D eigenvalue weighted by molar-refractivity contribution is -0.122. The molecule has 2 aromatic rings. The normalized spacial score (nSPS) is 19.8. The van der Waals surface area contributed by atoms with E-state index in [0.717, 1.165) is 12.0 Å². The smallest absolute Gasteiger partial charge is 0.243 e. The van der Waals surface area contributed by atoms with Crippen LogP contribution in [0, 0.1) is 5.92 Å². The van der Waals surface area contributed by atoms with Gasteiger partial charge in [0.2, 0.25) is 5.91 Å². The van der Waals surface area contributed by atoms with Gasteiger partial charge in [-0.15, -0.1) is 0 Å². The Balaban J connectivity index is 1.54. The average molecular weight is 336 g/mol. The molecule has 3 rings (SSSR count). The van der Waals surface area contributed by atoms with Crippen LogP contribution in [0.15, 0.2) is 53.6 Å². The van der Waals surface area contributed by atoms with Crippen LogP contribution in [0.1, 0.15) is 49.8 Å². The van der Waals surface area contributed by atoms with Crippen molar-refractivity contribution < 1.29 is 9.90 Å². The van der Waals surface area contributed by atoms with Gasteiger partial charge in [0.15, 0.2) is 0 Å². The molecule has 4 heteroatoms. The minimum atomic E-state index is -0.0417. The van der Waals surface area contributed by atoms with E-state index in [-0.39, 0.29) is 28.9 Å². The Kier molecular flexibility index (Phi) is 4.62. The summed E-state index contributed by atoms with van der Waals surface area (Å²) < 4.78 is 0. The number of carbonyl (C=O) groups excluding carboxylic acids is 1. The Bertz CT molecular complexity index is 771. The van der Waals surface area contributed by atoms with Gasteiger partial charge in [0.25, 0.3) is 0 Å². The maximum atomic E-state index is 12.2. The lowest BCUT2D eigenvalue weighted by Gasteiger charge is -2.19. The maximum absolute atomic E-state index is 12.2. The molecule has 0 heterocycles. The second kappa shape index (κ2) is 6.71. The molecule has 0 radical (unpaired) electrons. The van der Waals surface area contributed by atoms with E-state index in [1.807, 2.05) is 0 Å². The highest BCUT2D eigenvalue weighted by Gasteiger charge is 2.43. The topological polar surface area (TPSA) is 61.7 Å². The maximum Gasteiger partial charge on any atom is 0.243 e. The van der Waals surface area contributed by atoms with Crippen LogP contribution in [0.4, 0.5) is 0 Å². The molecule has 2 N–H and O–H groups in total. The lowest BCUT2D eigenvalue weighted by Crippen LogP contribution is -2.20. The summed E-state index contributed by atoms with van der Waals surface area (Å²) in [6.07, 6.45) is 2.45. The summed E-state index contributed by atoms with van der Waals surface area (Å²) in [4.78, 5) is 12.2. The molecule has 0 spiro atoms. The van der Waals surface area contributed by atoms with Crippen LogP contribution in [-0.4, -0.2) is 17.2 Å². The minimum absolute atomic E-state index is 0.00236. The zero-order valence-corrected chi connectivity index (χ0v) is 14.9. The van der Waals surface area contributed by atoms with Crippen LogP contribution in [0.2, 0.25) is 0 Å². The number of benzene rings is 2. The van der Waals surface area contributed by atoms with E-state index in [2.05, 4.69) is 55.6 Å². The number of hydrazone groups is 1. The average Bonchev–Trinajstić information content (AvgIpc) is 3.37. The number of hydrogen-bond acceptors (Lipinski definition) is 3. The first-order chi connectivity index (χ1) is 11.8. The molecule has 1 aliphatic rings. The van der Waals surface area contributed by atoms with Crippen molar-refractivity contribution in [3.63, 3.8) is 0 Å². The van der Waals surface area contributed by atoms with Crippen molar-refractivity contribution in [1.82, 2.24) is 5.43 Å². The molecule has 0 saturated heterocycles. The quantitative estimate of drug-likeness (QED) is 0.656. The Morgan fingerprint density at radius 2 is 1.76 bits per heavy atom. The van der Waals surface area contributed by atoms with Crippen molar-refractivity contribution >= 4 is 12.1 Å². The van der Waals surface area contributed by atoms with Crippen molar-refractivity contribution in [2.24, 2.45) is 11.0 Å². The van der Waals surface area contributed by atoms with E-state index in [0.29, 0.717) is 0 Å². The third-order valence-electron chi connectivity index (χ3n) is 4.61. The van der Waals surface area contributed by atoms with E-state index >= 15 is 0 Å². The van der Waals surface area contributed by atoms with Crippen LogP contribution in [0.5, 0.6) is 5.75 Å². The van der Waals surface area contributed by atoms with Gasteiger partial charge in [0, 0.05) is 5.92 Å². The summed E-state index contributed by atoms with van der Waals surface area (Å²) in [6.45, 7) is 6.59. The van der Waals surface area contributed by atoms with Gasteiger partial charge in [-0.2, -0.15) is 5.10 Å². The van der Waals surface area contributed by atoms with Crippen molar-refractivity contribution in [3.05, 3.63) is 65.2 Å². The molecule has 1 saturated carbocycles. The van der Waals surface area contributed by atoms with Crippen LogP contribution in [0.3, 0.4) is 0 Å². The molecule has 1 aliphatic carbocycles. The number of phenols is 1. The van der Waals surface area contributed by atoms with Gasteiger partial charge >= 0.3 is 0 Å². The monoisotopic (exact) mass is 336 g/mol. The number of amides is 1. The standard InChI is InChI=1S/C21H24N2O2/c1-21(2,3)16-8-6-15(7-9-16)18-12-19(18)20(25)23-22-13-14-4-10-17(24)11-5-14/h4-11,13,18-19,24H,12H2,1-3H3,(H,23,25)/b22-13+/t18-,19-/m1/s1. The fourth-order valence-corrected chi connectivity index (χ4v) is 2.90. The summed E-state index contributed by atoms with van der Waals surface area (Å²) in [5.74, 6) is 0.453. The molecule has 0 unspecified atom stereocenters. The zero-order valence-electron chi connectivity index (χ0n) is 14.9. The fourth-order valence-electron chi connectivity index (χ4n) is 2.90. The summed E-state index contributed by atoms with van der Waals surface area (Å²) in [7, 11) is 0. The molecule has 0 aromatic heterocycles. The predicted octanol–water partition coefficient (Wildman–Crippen LogP) is 3.94. The van der Waals surface area contributed by atoms with Gasteiger partial charge in [-0.25, -0.2) is 5.43 Å². The van der Waals surface area contributed by atoms with E-state index in [9.17, 15) is 9.90 Å². The molecule has 130 valence electrons. The number of nitrogens with one attached hydrogen (secondary N) is 1. The Hall–Kier alpha value is -2.62. The van der Waals surface area contributed by atoms with Gasteiger partial charge in [-0.3, -0.25) is 4.79 Å². The SMILES string of the molecule is CC(C)(C)c1ccc([C@H]2C[C@H]2C(=O)N/N=C/c2ccc(O)cc2)cc1. The summed E-state index contributed by atoms with van der Waals surface area (Å²) in [6, 6.07) is 15.2. The first-order valence-electron chi connectivity index (χ1n) is 8.57. The molecule has 0 aliphatic heterocycles. The van der Waals surface area contributed by atoms with Gasteiger partial charge in [-0.05, 0) is 58.7 Å². The molecule has 25 heavy (non-hydrogen) atoms. The highest BCUT2D eigenvalue weighted by Crippen LogP contribution is 2.47. The van der Waals surface area contributed by atoms with E-state index < -0.39 is 0 Å². The Morgan fingerprint density at radius 3 is 2.36 bits per heavy atom. The Morgan fingerprint density at radius 1 is 1.12 bits per heavy atom. The van der Waals surface area contributed by atoms with Crippen molar-refractivity contribution in [3.8, 4) is 5.75 Å². The van der Waals surface area contributed by atoms with Gasteiger partial charge in [0.1, 0.15) is 5.75 Å². The van der Waals surface area contributed by atoms with Crippen LogP contribution in [-0.2, 0) is 10.2 Å². The molecule has 1 amide bonds. The molecule has 2 atom stereocenters. The predicted molar refractivity (Wildman–Crippen MR) is 99.8 cm³/mol. The van der Waals surface area contributed by atoms with Crippen molar-refractivity contribution in [2.75, 3.05) is 0 Å². The van der Waals surface area contributed by atoms with Gasteiger partial charge in [-0.1, -0.05) is 45.0 Å². The number of carbonyl (C=O) groups is 1. The van der Waals surface area contributed by atoms with Gasteiger partial charge in [0.05, 0.1) is 6.21 Å². The number of nitrogens with zero attached hydrogens (tertiary/aromatic N) is 1. The second-order valence-electron chi connectivity index (χ2n) is 7.65. The van der Waals surface area contributed by atoms with E-state index in [1.165, 1.54) is 11.1 Å². The van der Waals surface area contributed by atoms with Crippen LogP contribution >= 0.6 is 0 Å². The second-order valence-corrected chi connectivity index (χ2v) is 7.65. The third kappa shape index (κ3) is 4.27. The first-order valence-corrected chi connectivity index (χ1v) is 8.57. The molecule has 1 fully saturated rings. The Labute approximate surface area is 148 Å². The summed E-state index contributed by atoms with van der Waals surface area (Å²) in [5.41, 5.74) is 6.09. The third-order valence-corrected chi connectivity index (χ3v) is 4.61. The van der Waals surface area contributed by atoms with Crippen LogP contribution in [0.25, 0.3) is 0 Å². The number of aromatic hydroxyl groups is 1. The summed E-state index contributed by atoms with van der Waals surface area (Å²) >= 11 is 0. The number of hydrogen-bond donors (Lipinski definition) is 2. The van der Waals surface area contributed by atoms with Crippen LogP contribution < -0.4 is 5.43 Å². The number of phenolic OH excluding ortho intramolecular Hbond substituents is 1. The summed E-state index contributed by atoms with van der Waals surface area (Å²) in [5, 5.41) is 13.2. The molecule has 4 nitrogen and oxygen atoms in total. The highest BCUT2D eigenvalue weighted by molar-refractivity contribution is 5.85. The van der Waals surface area contributed by atoms with Gasteiger partial charge < -0.3 is 5.11 Å². The molecular formula is C21H24N2O2. The molecule has 0 bridgehead atoms. The minimum Gasteiger partial charge on any atom is -0.508 e. The highest BCUT2D eigenvalue weighted by atomic mass is 16.3. The first kappa shape index (κ1) is 17.2. The largest absolute Gasteiger partial charge is 0.508 e. The fraction of sp³-hybridized carbons (Fsp3) is 0.333. The molecular weight excluding hydrogens is 312 g/mol.